The average Bonchev–Trinajstić information content (AvgIpc) is 2.50. The molecule has 0 aliphatic carbocycles. The zero-order valence-electron chi connectivity index (χ0n) is 11.9. The summed E-state index contributed by atoms with van der Waals surface area (Å²) >= 11 is 0. The summed E-state index contributed by atoms with van der Waals surface area (Å²) in [6, 6.07) is 7.78. The highest BCUT2D eigenvalue weighted by molar-refractivity contribution is 5.76. The predicted molar refractivity (Wildman–Crippen MR) is 78.1 cm³/mol. The molecular weight excluding hydrogens is 256 g/mol. The van der Waals surface area contributed by atoms with Crippen LogP contribution in [-0.4, -0.2) is 50.3 Å². The van der Waals surface area contributed by atoms with Gasteiger partial charge in [-0.15, -0.1) is 0 Å². The molecule has 1 heterocycles. The van der Waals surface area contributed by atoms with Gasteiger partial charge in [-0.2, -0.15) is 0 Å². The van der Waals surface area contributed by atoms with Crippen molar-refractivity contribution in [3.05, 3.63) is 24.3 Å². The summed E-state index contributed by atoms with van der Waals surface area (Å²) in [4.78, 5) is 13.8. The first-order chi connectivity index (χ1) is 9.79. The van der Waals surface area contributed by atoms with E-state index in [0.717, 1.165) is 11.4 Å². The van der Waals surface area contributed by atoms with Gasteiger partial charge in [0.25, 0.3) is 0 Å². The minimum absolute atomic E-state index is 0.187. The summed E-state index contributed by atoms with van der Waals surface area (Å²) in [5.41, 5.74) is 1.00. The highest BCUT2D eigenvalue weighted by atomic mass is 16.5. The zero-order chi connectivity index (χ0) is 14.2. The lowest BCUT2D eigenvalue weighted by atomic mass is 10.3. The van der Waals surface area contributed by atoms with E-state index in [1.807, 2.05) is 36.1 Å². The van der Waals surface area contributed by atoms with E-state index < -0.39 is 0 Å². The van der Waals surface area contributed by atoms with Crippen LogP contribution < -0.4 is 10.1 Å². The number of anilines is 1. The van der Waals surface area contributed by atoms with Crippen LogP contribution >= 0.6 is 0 Å². The predicted octanol–water partition coefficient (Wildman–Crippen LogP) is 1.75. The van der Waals surface area contributed by atoms with Gasteiger partial charge in [0.2, 0.25) is 5.91 Å². The molecule has 0 unspecified atom stereocenters. The molecule has 1 aromatic carbocycles. The smallest absolute Gasteiger partial charge is 0.224 e. The van der Waals surface area contributed by atoms with E-state index in [9.17, 15) is 4.79 Å². The van der Waals surface area contributed by atoms with Crippen molar-refractivity contribution >= 4 is 11.6 Å². The van der Waals surface area contributed by atoms with Crippen molar-refractivity contribution < 1.29 is 14.3 Å². The molecule has 0 saturated carbocycles. The van der Waals surface area contributed by atoms with Crippen LogP contribution in [0.2, 0.25) is 0 Å². The number of amides is 1. The second kappa shape index (κ2) is 7.75. The Morgan fingerprint density at radius 1 is 1.30 bits per heavy atom. The minimum Gasteiger partial charge on any atom is -0.494 e. The fourth-order valence-electron chi connectivity index (χ4n) is 2.12. The lowest BCUT2D eigenvalue weighted by molar-refractivity contribution is -0.134. The molecule has 5 heteroatoms. The molecule has 1 fully saturated rings. The first-order valence-corrected chi connectivity index (χ1v) is 7.12. The number of carbonyl (C=O) groups is 1. The van der Waals surface area contributed by atoms with Gasteiger partial charge in [-0.3, -0.25) is 4.79 Å². The summed E-state index contributed by atoms with van der Waals surface area (Å²) in [7, 11) is 0. The summed E-state index contributed by atoms with van der Waals surface area (Å²) in [6.07, 6.45) is 0.507. The van der Waals surface area contributed by atoms with Crippen LogP contribution in [0.15, 0.2) is 24.3 Å². The Morgan fingerprint density at radius 2 is 2.00 bits per heavy atom. The standard InChI is InChI=1S/C15H22N2O3/c1-2-20-14-5-3-13(4-6-14)16-8-7-15(18)17-9-11-19-12-10-17/h3-6,16H,2,7-12H2,1H3. The second-order valence-electron chi connectivity index (χ2n) is 4.63. The van der Waals surface area contributed by atoms with Crippen molar-refractivity contribution in [2.45, 2.75) is 13.3 Å². The number of nitrogens with zero attached hydrogens (tertiary/aromatic N) is 1. The Hall–Kier alpha value is -1.75. The van der Waals surface area contributed by atoms with Crippen LogP contribution in [0.3, 0.4) is 0 Å². The maximum absolute atomic E-state index is 11.9. The number of hydrogen-bond donors (Lipinski definition) is 1. The minimum atomic E-state index is 0.187. The van der Waals surface area contributed by atoms with Crippen molar-refractivity contribution in [2.24, 2.45) is 0 Å². The second-order valence-corrected chi connectivity index (χ2v) is 4.63. The molecule has 1 aliphatic rings. The quantitative estimate of drug-likeness (QED) is 0.861. The van der Waals surface area contributed by atoms with E-state index in [1.54, 1.807) is 0 Å². The van der Waals surface area contributed by atoms with Crippen LogP contribution in [0, 0.1) is 0 Å². The van der Waals surface area contributed by atoms with E-state index in [2.05, 4.69) is 5.32 Å². The van der Waals surface area contributed by atoms with Crippen LogP contribution in [0.25, 0.3) is 0 Å². The fourth-order valence-corrected chi connectivity index (χ4v) is 2.12. The van der Waals surface area contributed by atoms with Crippen molar-refractivity contribution in [3.8, 4) is 5.75 Å². The highest BCUT2D eigenvalue weighted by Crippen LogP contribution is 2.15. The number of benzene rings is 1. The molecule has 0 radical (unpaired) electrons. The van der Waals surface area contributed by atoms with Gasteiger partial charge >= 0.3 is 0 Å². The molecule has 1 N–H and O–H groups in total. The number of morpholine rings is 1. The van der Waals surface area contributed by atoms with Gasteiger partial charge in [-0.25, -0.2) is 0 Å². The van der Waals surface area contributed by atoms with Crippen molar-refractivity contribution in [1.29, 1.82) is 0 Å². The Bertz CT molecular complexity index is 414. The Kier molecular flexibility index (Phi) is 5.68. The van der Waals surface area contributed by atoms with Gasteiger partial charge in [0, 0.05) is 31.7 Å². The van der Waals surface area contributed by atoms with Gasteiger partial charge in [0.15, 0.2) is 0 Å². The molecule has 1 amide bonds. The van der Waals surface area contributed by atoms with E-state index >= 15 is 0 Å². The van der Waals surface area contributed by atoms with E-state index in [-0.39, 0.29) is 5.91 Å². The van der Waals surface area contributed by atoms with Gasteiger partial charge in [0.1, 0.15) is 5.75 Å². The summed E-state index contributed by atoms with van der Waals surface area (Å²) < 4.78 is 10.6. The number of hydrogen-bond acceptors (Lipinski definition) is 4. The molecule has 0 aromatic heterocycles. The largest absolute Gasteiger partial charge is 0.494 e. The SMILES string of the molecule is CCOc1ccc(NCCC(=O)N2CCOCC2)cc1. The lowest BCUT2D eigenvalue weighted by Gasteiger charge is -2.26. The zero-order valence-corrected chi connectivity index (χ0v) is 11.9. The van der Waals surface area contributed by atoms with Crippen LogP contribution in [-0.2, 0) is 9.53 Å². The van der Waals surface area contributed by atoms with E-state index in [1.165, 1.54) is 0 Å². The number of nitrogens with one attached hydrogen (secondary N) is 1. The van der Waals surface area contributed by atoms with E-state index in [0.29, 0.717) is 45.9 Å². The van der Waals surface area contributed by atoms with Crippen LogP contribution in [0.4, 0.5) is 5.69 Å². The van der Waals surface area contributed by atoms with Gasteiger partial charge in [0.05, 0.1) is 19.8 Å². The summed E-state index contributed by atoms with van der Waals surface area (Å²) in [6.45, 7) is 5.99. The molecule has 1 saturated heterocycles. The molecule has 2 rings (SSSR count). The summed E-state index contributed by atoms with van der Waals surface area (Å²) in [5.74, 6) is 1.05. The Balaban J connectivity index is 1.70. The van der Waals surface area contributed by atoms with Crippen LogP contribution in [0.1, 0.15) is 13.3 Å². The normalized spacial score (nSPS) is 14.9. The molecule has 5 nitrogen and oxygen atoms in total. The maximum Gasteiger partial charge on any atom is 0.224 e. The third-order valence-corrected chi connectivity index (χ3v) is 3.20. The first-order valence-electron chi connectivity index (χ1n) is 7.12. The van der Waals surface area contributed by atoms with Crippen molar-refractivity contribution in [2.75, 3.05) is 44.8 Å². The van der Waals surface area contributed by atoms with Crippen LogP contribution in [0.5, 0.6) is 5.75 Å². The molecule has 0 bridgehead atoms. The van der Waals surface area contributed by atoms with Gasteiger partial charge in [-0.05, 0) is 31.2 Å². The molecular formula is C15H22N2O3. The van der Waals surface area contributed by atoms with Crippen molar-refractivity contribution in [3.63, 3.8) is 0 Å². The monoisotopic (exact) mass is 278 g/mol. The number of ether oxygens (including phenoxy) is 2. The first kappa shape index (κ1) is 14.7. The third kappa shape index (κ3) is 4.42. The Labute approximate surface area is 119 Å². The maximum atomic E-state index is 11.9. The van der Waals surface area contributed by atoms with Gasteiger partial charge < -0.3 is 19.7 Å². The molecule has 0 atom stereocenters. The fraction of sp³-hybridized carbons (Fsp3) is 0.533. The van der Waals surface area contributed by atoms with Crippen molar-refractivity contribution in [1.82, 2.24) is 4.90 Å². The number of carbonyl (C=O) groups excluding carboxylic acids is 1. The summed E-state index contributed by atoms with van der Waals surface area (Å²) in [5, 5.41) is 3.25. The molecule has 0 spiro atoms. The highest BCUT2D eigenvalue weighted by Gasteiger charge is 2.15. The average molecular weight is 278 g/mol. The van der Waals surface area contributed by atoms with Gasteiger partial charge in [-0.1, -0.05) is 0 Å². The molecule has 1 aliphatic heterocycles. The molecule has 20 heavy (non-hydrogen) atoms. The van der Waals surface area contributed by atoms with E-state index in [4.69, 9.17) is 9.47 Å². The molecule has 110 valence electrons. The lowest BCUT2D eigenvalue weighted by Crippen LogP contribution is -2.41. The third-order valence-electron chi connectivity index (χ3n) is 3.20. The topological polar surface area (TPSA) is 50.8 Å². The Morgan fingerprint density at radius 3 is 2.65 bits per heavy atom. The molecule has 1 aromatic rings. The number of rotatable bonds is 6.